The van der Waals surface area contributed by atoms with Crippen molar-refractivity contribution in [2.24, 2.45) is 0 Å². The topological polar surface area (TPSA) is 53.2 Å². The van der Waals surface area contributed by atoms with Gasteiger partial charge in [0.05, 0.1) is 6.04 Å². The highest BCUT2D eigenvalue weighted by Gasteiger charge is 2.17. The molecule has 3 rings (SSSR count). The number of benzene rings is 3. The van der Waals surface area contributed by atoms with Crippen LogP contribution >= 0.6 is 0 Å². The average molecular weight is 376 g/mol. The molecule has 0 aromatic heterocycles. The number of nitrogens with one attached hydrogen (secondary N) is 3. The van der Waals surface area contributed by atoms with E-state index in [1.165, 1.54) is 10.8 Å². The fraction of sp³-hybridized carbons (Fsp3) is 0.292. The number of carbonyl (C=O) groups is 1. The lowest BCUT2D eigenvalue weighted by molar-refractivity contribution is 0.0936. The van der Waals surface area contributed by atoms with E-state index in [9.17, 15) is 4.79 Å². The quantitative estimate of drug-likeness (QED) is 0.473. The molecule has 1 atom stereocenters. The molecule has 0 fully saturated rings. The Morgan fingerprint density at radius 2 is 1.71 bits per heavy atom. The zero-order valence-electron chi connectivity index (χ0n) is 16.7. The second kappa shape index (κ2) is 9.90. The Hall–Kier alpha value is -2.85. The van der Waals surface area contributed by atoms with Crippen LogP contribution in [0.5, 0.6) is 0 Å². The number of carbonyl (C=O) groups excluding carboxylic acids is 1. The molecule has 0 heterocycles. The largest absolute Gasteiger partial charge is 0.385 e. The smallest absolute Gasteiger partial charge is 0.251 e. The first-order valence-corrected chi connectivity index (χ1v) is 10.00. The molecule has 4 heteroatoms. The molecule has 0 spiro atoms. The molecule has 0 bridgehead atoms. The van der Waals surface area contributed by atoms with Crippen LogP contribution in [0, 0.1) is 0 Å². The number of anilines is 1. The Kier molecular flexibility index (Phi) is 7.04. The van der Waals surface area contributed by atoms with Gasteiger partial charge in [-0.25, -0.2) is 0 Å². The van der Waals surface area contributed by atoms with Crippen LogP contribution in [-0.4, -0.2) is 26.0 Å². The fourth-order valence-corrected chi connectivity index (χ4v) is 3.46. The van der Waals surface area contributed by atoms with E-state index in [1.54, 1.807) is 0 Å². The molecule has 0 saturated carbocycles. The van der Waals surface area contributed by atoms with E-state index < -0.39 is 0 Å². The highest BCUT2D eigenvalue weighted by Crippen LogP contribution is 2.30. The van der Waals surface area contributed by atoms with Gasteiger partial charge < -0.3 is 16.0 Å². The van der Waals surface area contributed by atoms with Crippen LogP contribution in [-0.2, 0) is 0 Å². The van der Waals surface area contributed by atoms with E-state index in [4.69, 9.17) is 0 Å². The van der Waals surface area contributed by atoms with Gasteiger partial charge in [-0.2, -0.15) is 0 Å². The second-order valence-corrected chi connectivity index (χ2v) is 6.97. The maximum absolute atomic E-state index is 12.7. The van der Waals surface area contributed by atoms with Crippen LogP contribution in [0.2, 0.25) is 0 Å². The zero-order chi connectivity index (χ0) is 19.8. The zero-order valence-corrected chi connectivity index (χ0v) is 16.7. The molecule has 0 unspecified atom stereocenters. The molecule has 0 aliphatic heterocycles. The van der Waals surface area contributed by atoms with Crippen molar-refractivity contribution in [3.63, 3.8) is 0 Å². The van der Waals surface area contributed by atoms with Crippen molar-refractivity contribution < 1.29 is 4.79 Å². The Labute approximate surface area is 167 Å². The number of hydrogen-bond donors (Lipinski definition) is 3. The maximum atomic E-state index is 12.7. The summed E-state index contributed by atoms with van der Waals surface area (Å²) in [6, 6.07) is 22.1. The standard InChI is InChI=1S/C24H29N3O/c1-3-23(27-24(28)18-10-5-4-6-11-18)22-17-20(26-15-9-14-25-2)16-19-12-7-8-13-21(19)22/h4-8,10-13,16-17,23,25-26H,3,9,14-15H2,1-2H3,(H,27,28)/t23-/m1/s1. The summed E-state index contributed by atoms with van der Waals surface area (Å²) >= 11 is 0. The van der Waals surface area contributed by atoms with Crippen molar-refractivity contribution in [3.8, 4) is 0 Å². The fourth-order valence-electron chi connectivity index (χ4n) is 3.46. The molecular formula is C24H29N3O. The van der Waals surface area contributed by atoms with Gasteiger partial charge in [-0.3, -0.25) is 4.79 Å². The Balaban J connectivity index is 1.88. The first kappa shape index (κ1) is 19.9. The number of amides is 1. The van der Waals surface area contributed by atoms with Gasteiger partial charge in [0, 0.05) is 17.8 Å². The normalized spacial score (nSPS) is 11.9. The molecule has 4 nitrogen and oxygen atoms in total. The van der Waals surface area contributed by atoms with Gasteiger partial charge in [-0.15, -0.1) is 0 Å². The minimum absolute atomic E-state index is 0.0380. The predicted octanol–water partition coefficient (Wildman–Crippen LogP) is 4.74. The highest BCUT2D eigenvalue weighted by atomic mass is 16.1. The summed E-state index contributed by atoms with van der Waals surface area (Å²) in [6.07, 6.45) is 1.88. The average Bonchev–Trinajstić information content (AvgIpc) is 2.75. The molecule has 0 saturated heterocycles. The molecular weight excluding hydrogens is 346 g/mol. The molecule has 0 aliphatic rings. The van der Waals surface area contributed by atoms with E-state index >= 15 is 0 Å². The summed E-state index contributed by atoms with van der Waals surface area (Å²) in [5.74, 6) is -0.0380. The van der Waals surface area contributed by atoms with Crippen LogP contribution in [0.15, 0.2) is 66.7 Å². The first-order valence-electron chi connectivity index (χ1n) is 10.00. The summed E-state index contributed by atoms with van der Waals surface area (Å²) in [7, 11) is 1.97. The van der Waals surface area contributed by atoms with Crippen molar-refractivity contribution in [2.45, 2.75) is 25.8 Å². The van der Waals surface area contributed by atoms with Crippen molar-refractivity contribution in [2.75, 3.05) is 25.5 Å². The van der Waals surface area contributed by atoms with E-state index in [0.29, 0.717) is 5.56 Å². The van der Waals surface area contributed by atoms with Crippen molar-refractivity contribution in [3.05, 3.63) is 77.9 Å². The minimum atomic E-state index is -0.0448. The molecule has 0 aliphatic carbocycles. The van der Waals surface area contributed by atoms with Gasteiger partial charge in [0.15, 0.2) is 0 Å². The highest BCUT2D eigenvalue weighted by molar-refractivity contribution is 5.95. The third-order valence-corrected chi connectivity index (χ3v) is 4.95. The number of hydrogen-bond acceptors (Lipinski definition) is 3. The van der Waals surface area contributed by atoms with E-state index in [-0.39, 0.29) is 11.9 Å². The van der Waals surface area contributed by atoms with Gasteiger partial charge in [-0.05, 0) is 67.0 Å². The SMILES string of the molecule is CC[C@@H](NC(=O)c1ccccc1)c1cc(NCCCNC)cc2ccccc12. The number of rotatable bonds is 9. The van der Waals surface area contributed by atoms with E-state index in [2.05, 4.69) is 59.3 Å². The van der Waals surface area contributed by atoms with Crippen LogP contribution in [0.3, 0.4) is 0 Å². The van der Waals surface area contributed by atoms with Crippen LogP contribution in [0.4, 0.5) is 5.69 Å². The van der Waals surface area contributed by atoms with Gasteiger partial charge in [0.25, 0.3) is 5.91 Å². The summed E-state index contributed by atoms with van der Waals surface area (Å²) in [4.78, 5) is 12.7. The summed E-state index contributed by atoms with van der Waals surface area (Å²) in [5.41, 5.74) is 2.94. The lowest BCUT2D eigenvalue weighted by Gasteiger charge is -2.21. The summed E-state index contributed by atoms with van der Waals surface area (Å²) in [6.45, 7) is 4.00. The van der Waals surface area contributed by atoms with Gasteiger partial charge in [0.2, 0.25) is 0 Å². The second-order valence-electron chi connectivity index (χ2n) is 6.97. The first-order chi connectivity index (χ1) is 13.7. The van der Waals surface area contributed by atoms with Crippen LogP contribution in [0.25, 0.3) is 10.8 Å². The van der Waals surface area contributed by atoms with Crippen molar-refractivity contribution in [1.29, 1.82) is 0 Å². The lowest BCUT2D eigenvalue weighted by Crippen LogP contribution is -2.28. The Bertz CT molecular complexity index is 908. The monoisotopic (exact) mass is 375 g/mol. The molecule has 146 valence electrons. The molecule has 28 heavy (non-hydrogen) atoms. The summed E-state index contributed by atoms with van der Waals surface area (Å²) in [5, 5.41) is 12.3. The Morgan fingerprint density at radius 3 is 2.46 bits per heavy atom. The predicted molar refractivity (Wildman–Crippen MR) is 118 cm³/mol. The Morgan fingerprint density at radius 1 is 0.964 bits per heavy atom. The molecule has 1 amide bonds. The number of fused-ring (bicyclic) bond motifs is 1. The molecule has 3 N–H and O–H groups in total. The van der Waals surface area contributed by atoms with E-state index in [1.807, 2.05) is 37.4 Å². The molecule has 3 aromatic carbocycles. The van der Waals surface area contributed by atoms with E-state index in [0.717, 1.165) is 37.2 Å². The summed E-state index contributed by atoms with van der Waals surface area (Å²) < 4.78 is 0. The maximum Gasteiger partial charge on any atom is 0.251 e. The molecule has 3 aromatic rings. The van der Waals surface area contributed by atoms with Crippen LogP contribution in [0.1, 0.15) is 41.7 Å². The lowest BCUT2D eigenvalue weighted by atomic mass is 9.95. The molecule has 0 radical (unpaired) electrons. The van der Waals surface area contributed by atoms with Gasteiger partial charge in [0.1, 0.15) is 0 Å². The van der Waals surface area contributed by atoms with Crippen molar-refractivity contribution >= 4 is 22.4 Å². The third kappa shape index (κ3) is 4.90. The third-order valence-electron chi connectivity index (χ3n) is 4.95. The van der Waals surface area contributed by atoms with Gasteiger partial charge >= 0.3 is 0 Å². The van der Waals surface area contributed by atoms with Crippen molar-refractivity contribution in [1.82, 2.24) is 10.6 Å². The van der Waals surface area contributed by atoms with Gasteiger partial charge in [-0.1, -0.05) is 49.4 Å². The van der Waals surface area contributed by atoms with Crippen LogP contribution < -0.4 is 16.0 Å². The minimum Gasteiger partial charge on any atom is -0.385 e.